The molecule has 0 amide bonds. The monoisotopic (exact) mass is 356 g/mol. The molecule has 0 spiro atoms. The fourth-order valence-electron chi connectivity index (χ4n) is 2.37. The molecule has 3 aromatic rings. The van der Waals surface area contributed by atoms with Crippen LogP contribution in [0.2, 0.25) is 4.47 Å². The van der Waals surface area contributed by atoms with Gasteiger partial charge in [0.1, 0.15) is 0 Å². The molecule has 0 aliphatic rings. The van der Waals surface area contributed by atoms with E-state index in [1.807, 2.05) is 56.3 Å². The van der Waals surface area contributed by atoms with Crippen molar-refractivity contribution in [3.63, 3.8) is 0 Å². The molecule has 0 aliphatic carbocycles. The van der Waals surface area contributed by atoms with Crippen molar-refractivity contribution in [2.45, 2.75) is 20.4 Å². The van der Waals surface area contributed by atoms with E-state index in [9.17, 15) is 4.79 Å². The Morgan fingerprint density at radius 3 is 2.62 bits per heavy atom. The molecule has 1 heterocycles. The minimum Gasteiger partial charge on any atom is -0.380 e. The number of rotatable bonds is 5. The maximum Gasteiger partial charge on any atom is 0.193 e. The van der Waals surface area contributed by atoms with E-state index in [4.69, 9.17) is 11.6 Å². The first-order chi connectivity index (χ1) is 11.5. The highest BCUT2D eigenvalue weighted by Gasteiger charge is 2.10. The SMILES string of the molecule is Cc1ccc(C(=O)c2cccc(NCc3cnc(Cl)s3)c2)cc1C. The van der Waals surface area contributed by atoms with Gasteiger partial charge in [0, 0.05) is 27.9 Å². The number of carbonyl (C=O) groups is 1. The molecular formula is C19H17ClN2OS. The molecule has 1 aromatic heterocycles. The fourth-order valence-corrected chi connectivity index (χ4v) is 3.29. The first-order valence-electron chi connectivity index (χ1n) is 7.59. The van der Waals surface area contributed by atoms with Crippen LogP contribution >= 0.6 is 22.9 Å². The predicted molar refractivity (Wildman–Crippen MR) is 100 cm³/mol. The lowest BCUT2D eigenvalue weighted by molar-refractivity contribution is 0.103. The van der Waals surface area contributed by atoms with Crippen molar-refractivity contribution in [2.24, 2.45) is 0 Å². The van der Waals surface area contributed by atoms with Gasteiger partial charge in [-0.2, -0.15) is 0 Å². The van der Waals surface area contributed by atoms with Gasteiger partial charge in [-0.25, -0.2) is 4.98 Å². The summed E-state index contributed by atoms with van der Waals surface area (Å²) in [5.74, 6) is 0.0302. The van der Waals surface area contributed by atoms with Crippen LogP contribution in [0.5, 0.6) is 0 Å². The molecule has 0 atom stereocenters. The van der Waals surface area contributed by atoms with E-state index < -0.39 is 0 Å². The van der Waals surface area contributed by atoms with Gasteiger partial charge in [-0.1, -0.05) is 35.9 Å². The van der Waals surface area contributed by atoms with E-state index in [0.717, 1.165) is 16.1 Å². The highest BCUT2D eigenvalue weighted by atomic mass is 35.5. The van der Waals surface area contributed by atoms with Gasteiger partial charge in [-0.05, 0) is 43.2 Å². The Labute approximate surface area is 150 Å². The number of carbonyl (C=O) groups excluding carboxylic acids is 1. The number of aryl methyl sites for hydroxylation is 2. The van der Waals surface area contributed by atoms with Crippen LogP contribution in [-0.4, -0.2) is 10.8 Å². The van der Waals surface area contributed by atoms with Gasteiger partial charge in [0.15, 0.2) is 10.3 Å². The molecule has 24 heavy (non-hydrogen) atoms. The molecule has 2 aromatic carbocycles. The Hall–Kier alpha value is -2.17. The zero-order valence-corrected chi connectivity index (χ0v) is 15.0. The van der Waals surface area contributed by atoms with Gasteiger partial charge < -0.3 is 5.32 Å². The molecule has 0 radical (unpaired) electrons. The van der Waals surface area contributed by atoms with Crippen LogP contribution in [0.25, 0.3) is 0 Å². The molecule has 0 saturated carbocycles. The van der Waals surface area contributed by atoms with Crippen LogP contribution in [0.15, 0.2) is 48.7 Å². The van der Waals surface area contributed by atoms with E-state index in [0.29, 0.717) is 22.1 Å². The minimum atomic E-state index is 0.0302. The molecule has 3 nitrogen and oxygen atoms in total. The number of hydrogen-bond donors (Lipinski definition) is 1. The number of anilines is 1. The van der Waals surface area contributed by atoms with Gasteiger partial charge >= 0.3 is 0 Å². The minimum absolute atomic E-state index is 0.0302. The largest absolute Gasteiger partial charge is 0.380 e. The third-order valence-electron chi connectivity index (χ3n) is 3.89. The molecule has 0 bridgehead atoms. The zero-order chi connectivity index (χ0) is 17.1. The first-order valence-corrected chi connectivity index (χ1v) is 8.78. The quantitative estimate of drug-likeness (QED) is 0.634. The van der Waals surface area contributed by atoms with Gasteiger partial charge in [-0.3, -0.25) is 4.79 Å². The normalized spacial score (nSPS) is 10.6. The molecule has 0 fully saturated rings. The number of aromatic nitrogens is 1. The Bertz CT molecular complexity index is 889. The summed E-state index contributed by atoms with van der Waals surface area (Å²) < 4.78 is 0.533. The van der Waals surface area contributed by atoms with E-state index >= 15 is 0 Å². The molecule has 5 heteroatoms. The average Bonchev–Trinajstić information content (AvgIpc) is 3.00. The van der Waals surface area contributed by atoms with E-state index in [2.05, 4.69) is 10.3 Å². The van der Waals surface area contributed by atoms with Crippen molar-refractivity contribution in [3.05, 3.63) is 80.3 Å². The Kier molecular flexibility index (Phi) is 4.97. The molecular weight excluding hydrogens is 340 g/mol. The lowest BCUT2D eigenvalue weighted by Gasteiger charge is -2.08. The van der Waals surface area contributed by atoms with Crippen LogP contribution in [0.3, 0.4) is 0 Å². The maximum atomic E-state index is 12.7. The summed E-state index contributed by atoms with van der Waals surface area (Å²) in [6.45, 7) is 4.69. The standard InChI is InChI=1S/C19H17ClN2OS/c1-12-6-7-15(8-13(12)2)18(23)14-4-3-5-16(9-14)21-10-17-11-22-19(20)24-17/h3-9,11,21H,10H2,1-2H3. The molecule has 3 rings (SSSR count). The molecule has 0 unspecified atom stereocenters. The average molecular weight is 357 g/mol. The van der Waals surface area contributed by atoms with Crippen LogP contribution in [0, 0.1) is 13.8 Å². The lowest BCUT2D eigenvalue weighted by atomic mass is 9.99. The Balaban J connectivity index is 1.76. The van der Waals surface area contributed by atoms with Crippen LogP contribution in [0.4, 0.5) is 5.69 Å². The summed E-state index contributed by atoms with van der Waals surface area (Å²) in [7, 11) is 0. The number of thiazole rings is 1. The second kappa shape index (κ2) is 7.16. The second-order valence-electron chi connectivity index (χ2n) is 5.64. The summed E-state index contributed by atoms with van der Waals surface area (Å²) in [6, 6.07) is 13.3. The van der Waals surface area contributed by atoms with Crippen molar-refractivity contribution >= 4 is 34.4 Å². The van der Waals surface area contributed by atoms with E-state index in [1.165, 1.54) is 16.9 Å². The highest BCUT2D eigenvalue weighted by Crippen LogP contribution is 2.21. The first kappa shape index (κ1) is 16.7. The molecule has 0 saturated heterocycles. The summed E-state index contributed by atoms with van der Waals surface area (Å²) >= 11 is 7.28. The second-order valence-corrected chi connectivity index (χ2v) is 7.34. The summed E-state index contributed by atoms with van der Waals surface area (Å²) in [4.78, 5) is 17.8. The van der Waals surface area contributed by atoms with E-state index in [1.54, 1.807) is 6.20 Å². The highest BCUT2D eigenvalue weighted by molar-refractivity contribution is 7.15. The van der Waals surface area contributed by atoms with Crippen molar-refractivity contribution in [3.8, 4) is 0 Å². The van der Waals surface area contributed by atoms with Crippen LogP contribution in [-0.2, 0) is 6.54 Å². The third kappa shape index (κ3) is 3.83. The Morgan fingerprint density at radius 2 is 1.92 bits per heavy atom. The van der Waals surface area contributed by atoms with Gasteiger partial charge in [-0.15, -0.1) is 11.3 Å². The lowest BCUT2D eigenvalue weighted by Crippen LogP contribution is -2.04. The number of ketones is 1. The summed E-state index contributed by atoms with van der Waals surface area (Å²) in [5, 5.41) is 3.30. The Morgan fingerprint density at radius 1 is 1.12 bits per heavy atom. The number of nitrogens with one attached hydrogen (secondary N) is 1. The van der Waals surface area contributed by atoms with Crippen molar-refractivity contribution in [1.29, 1.82) is 0 Å². The molecule has 122 valence electrons. The summed E-state index contributed by atoms with van der Waals surface area (Å²) in [6.07, 6.45) is 1.75. The van der Waals surface area contributed by atoms with Crippen molar-refractivity contribution in [2.75, 3.05) is 5.32 Å². The number of hydrogen-bond acceptors (Lipinski definition) is 4. The van der Waals surface area contributed by atoms with Gasteiger partial charge in [0.2, 0.25) is 0 Å². The van der Waals surface area contributed by atoms with Crippen molar-refractivity contribution < 1.29 is 4.79 Å². The zero-order valence-electron chi connectivity index (χ0n) is 13.5. The van der Waals surface area contributed by atoms with E-state index in [-0.39, 0.29) is 5.78 Å². The smallest absolute Gasteiger partial charge is 0.193 e. The molecule has 0 aliphatic heterocycles. The maximum absolute atomic E-state index is 12.7. The van der Waals surface area contributed by atoms with Gasteiger partial charge in [0.05, 0.1) is 6.54 Å². The number of nitrogens with zero attached hydrogens (tertiary/aromatic N) is 1. The predicted octanol–water partition coefficient (Wildman–Crippen LogP) is 5.26. The topological polar surface area (TPSA) is 42.0 Å². The summed E-state index contributed by atoms with van der Waals surface area (Å²) in [5.41, 5.74) is 4.59. The number of benzene rings is 2. The van der Waals surface area contributed by atoms with Crippen molar-refractivity contribution in [1.82, 2.24) is 4.98 Å². The molecule has 1 N–H and O–H groups in total. The van der Waals surface area contributed by atoms with Gasteiger partial charge in [0.25, 0.3) is 0 Å². The van der Waals surface area contributed by atoms with Crippen LogP contribution < -0.4 is 5.32 Å². The van der Waals surface area contributed by atoms with Crippen LogP contribution in [0.1, 0.15) is 31.9 Å². The third-order valence-corrected chi connectivity index (χ3v) is 5.00. The fraction of sp³-hybridized carbons (Fsp3) is 0.158. The number of halogens is 1.